The second kappa shape index (κ2) is 4.09. The Hall–Kier alpha value is -0.620. The standard InChI is InChI=1S/C8H2BrClF4O/c9-6-4(8(12,13)14)1-5(11)3(2-15)7(6)10/h1-2H. The molecule has 15 heavy (non-hydrogen) atoms. The van der Waals surface area contributed by atoms with E-state index in [0.717, 1.165) is 0 Å². The number of benzene rings is 1. The van der Waals surface area contributed by atoms with Gasteiger partial charge in [0.25, 0.3) is 0 Å². The molecule has 0 aliphatic rings. The van der Waals surface area contributed by atoms with Gasteiger partial charge < -0.3 is 0 Å². The molecule has 7 heteroatoms. The van der Waals surface area contributed by atoms with E-state index in [2.05, 4.69) is 15.9 Å². The molecule has 0 unspecified atom stereocenters. The summed E-state index contributed by atoms with van der Waals surface area (Å²) in [5.41, 5.74) is -1.85. The largest absolute Gasteiger partial charge is 0.417 e. The van der Waals surface area contributed by atoms with Gasteiger partial charge in [-0.1, -0.05) is 11.6 Å². The highest BCUT2D eigenvalue weighted by Crippen LogP contribution is 2.40. The molecule has 82 valence electrons. The number of rotatable bonds is 1. The van der Waals surface area contributed by atoms with Crippen molar-refractivity contribution < 1.29 is 22.4 Å². The van der Waals surface area contributed by atoms with Gasteiger partial charge >= 0.3 is 6.18 Å². The Balaban J connectivity index is 3.55. The van der Waals surface area contributed by atoms with Crippen LogP contribution in [0.5, 0.6) is 0 Å². The van der Waals surface area contributed by atoms with E-state index in [-0.39, 0.29) is 12.4 Å². The van der Waals surface area contributed by atoms with Crippen molar-refractivity contribution in [3.63, 3.8) is 0 Å². The first-order valence-electron chi connectivity index (χ1n) is 3.49. The summed E-state index contributed by atoms with van der Waals surface area (Å²) in [4.78, 5) is 10.3. The van der Waals surface area contributed by atoms with Crippen molar-refractivity contribution in [2.45, 2.75) is 6.18 Å². The van der Waals surface area contributed by atoms with Gasteiger partial charge in [0.05, 0.1) is 16.1 Å². The third-order valence-corrected chi connectivity index (χ3v) is 3.06. The van der Waals surface area contributed by atoms with E-state index in [9.17, 15) is 22.4 Å². The highest BCUT2D eigenvalue weighted by Gasteiger charge is 2.35. The summed E-state index contributed by atoms with van der Waals surface area (Å²) >= 11 is 7.96. The molecule has 0 saturated heterocycles. The SMILES string of the molecule is O=Cc1c(F)cc(C(F)(F)F)c(Br)c1Cl. The molecule has 1 nitrogen and oxygen atoms in total. The van der Waals surface area contributed by atoms with Gasteiger partial charge in [-0.15, -0.1) is 0 Å². The van der Waals surface area contributed by atoms with Crippen LogP contribution in [0.15, 0.2) is 10.5 Å². The number of alkyl halides is 3. The van der Waals surface area contributed by atoms with Crippen LogP contribution in [-0.4, -0.2) is 6.29 Å². The van der Waals surface area contributed by atoms with Crippen LogP contribution in [0.3, 0.4) is 0 Å². The minimum atomic E-state index is -4.73. The number of aldehydes is 1. The van der Waals surface area contributed by atoms with Gasteiger partial charge in [-0.3, -0.25) is 4.79 Å². The number of carbonyl (C=O) groups excluding carboxylic acids is 1. The highest BCUT2D eigenvalue weighted by molar-refractivity contribution is 9.10. The van der Waals surface area contributed by atoms with Crippen molar-refractivity contribution in [3.8, 4) is 0 Å². The van der Waals surface area contributed by atoms with Gasteiger partial charge in [0, 0.05) is 4.47 Å². The third kappa shape index (κ3) is 2.31. The molecule has 0 spiro atoms. The second-order valence-corrected chi connectivity index (χ2v) is 3.73. The number of carbonyl (C=O) groups is 1. The summed E-state index contributed by atoms with van der Waals surface area (Å²) in [5.74, 6) is -1.30. The van der Waals surface area contributed by atoms with Crippen molar-refractivity contribution in [1.82, 2.24) is 0 Å². The van der Waals surface area contributed by atoms with Crippen molar-refractivity contribution in [3.05, 3.63) is 32.5 Å². The maximum Gasteiger partial charge on any atom is 0.417 e. The van der Waals surface area contributed by atoms with E-state index in [1.807, 2.05) is 0 Å². The number of hydrogen-bond acceptors (Lipinski definition) is 1. The molecule has 0 aliphatic heterocycles. The van der Waals surface area contributed by atoms with Gasteiger partial charge in [0.1, 0.15) is 5.82 Å². The molecule has 0 fully saturated rings. The minimum Gasteiger partial charge on any atom is -0.298 e. The third-order valence-electron chi connectivity index (χ3n) is 1.62. The molecule has 0 bridgehead atoms. The molecule has 0 amide bonds. The lowest BCUT2D eigenvalue weighted by Crippen LogP contribution is -2.08. The van der Waals surface area contributed by atoms with Crippen molar-refractivity contribution in [1.29, 1.82) is 0 Å². The molecule has 0 aliphatic carbocycles. The molecular weight excluding hydrogens is 303 g/mol. The number of hydrogen-bond donors (Lipinski definition) is 0. The van der Waals surface area contributed by atoms with Gasteiger partial charge in [-0.2, -0.15) is 13.2 Å². The summed E-state index contributed by atoms with van der Waals surface area (Å²) in [7, 11) is 0. The van der Waals surface area contributed by atoms with Gasteiger partial charge in [0.2, 0.25) is 0 Å². The summed E-state index contributed by atoms with van der Waals surface area (Å²) in [6, 6.07) is 0.222. The molecule has 1 aromatic carbocycles. The first-order valence-corrected chi connectivity index (χ1v) is 4.66. The van der Waals surface area contributed by atoms with E-state index in [4.69, 9.17) is 11.6 Å². The Morgan fingerprint density at radius 2 is 1.93 bits per heavy atom. The van der Waals surface area contributed by atoms with Crippen LogP contribution in [-0.2, 0) is 6.18 Å². The van der Waals surface area contributed by atoms with Crippen molar-refractivity contribution in [2.24, 2.45) is 0 Å². The van der Waals surface area contributed by atoms with E-state index in [1.54, 1.807) is 0 Å². The first-order chi connectivity index (χ1) is 6.79. The molecular formula is C8H2BrClF4O. The zero-order valence-corrected chi connectivity index (χ0v) is 9.17. The van der Waals surface area contributed by atoms with E-state index >= 15 is 0 Å². The van der Waals surface area contributed by atoms with E-state index < -0.39 is 32.6 Å². The highest BCUT2D eigenvalue weighted by atomic mass is 79.9. The zero-order valence-electron chi connectivity index (χ0n) is 6.83. The Morgan fingerprint density at radius 1 is 1.40 bits per heavy atom. The molecule has 0 radical (unpaired) electrons. The average Bonchev–Trinajstić information content (AvgIpc) is 2.10. The predicted molar refractivity (Wildman–Crippen MR) is 49.5 cm³/mol. The molecule has 0 aromatic heterocycles. The van der Waals surface area contributed by atoms with Crippen LogP contribution in [0.25, 0.3) is 0 Å². The minimum absolute atomic E-state index is 0.0581. The van der Waals surface area contributed by atoms with Crippen molar-refractivity contribution >= 4 is 33.8 Å². The Morgan fingerprint density at radius 3 is 2.33 bits per heavy atom. The van der Waals surface area contributed by atoms with Gasteiger partial charge in [-0.25, -0.2) is 4.39 Å². The van der Waals surface area contributed by atoms with Crippen LogP contribution >= 0.6 is 27.5 Å². The molecule has 0 atom stereocenters. The molecule has 0 heterocycles. The topological polar surface area (TPSA) is 17.1 Å². The van der Waals surface area contributed by atoms with E-state index in [0.29, 0.717) is 0 Å². The fraction of sp³-hybridized carbons (Fsp3) is 0.125. The van der Waals surface area contributed by atoms with Crippen LogP contribution in [0.1, 0.15) is 15.9 Å². The van der Waals surface area contributed by atoms with Crippen LogP contribution in [0, 0.1) is 5.82 Å². The molecule has 0 N–H and O–H groups in total. The van der Waals surface area contributed by atoms with Crippen LogP contribution < -0.4 is 0 Å². The molecule has 1 aromatic rings. The van der Waals surface area contributed by atoms with Crippen LogP contribution in [0.4, 0.5) is 17.6 Å². The van der Waals surface area contributed by atoms with Gasteiger partial charge in [0.15, 0.2) is 6.29 Å². The maximum atomic E-state index is 13.0. The Kier molecular flexibility index (Phi) is 3.40. The lowest BCUT2D eigenvalue weighted by Gasteiger charge is -2.11. The molecule has 1 rings (SSSR count). The predicted octanol–water partition coefficient (Wildman–Crippen LogP) is 4.07. The monoisotopic (exact) mass is 304 g/mol. The Bertz CT molecular complexity index is 416. The fourth-order valence-corrected chi connectivity index (χ4v) is 1.71. The Labute approximate surface area is 95.2 Å². The fourth-order valence-electron chi connectivity index (χ4n) is 0.923. The lowest BCUT2D eigenvalue weighted by atomic mass is 10.1. The first kappa shape index (κ1) is 12.4. The van der Waals surface area contributed by atoms with Gasteiger partial charge in [-0.05, 0) is 22.0 Å². The lowest BCUT2D eigenvalue weighted by molar-refractivity contribution is -0.138. The molecule has 0 saturated carbocycles. The summed E-state index contributed by atoms with van der Waals surface area (Å²) in [5, 5.41) is -0.586. The smallest absolute Gasteiger partial charge is 0.298 e. The van der Waals surface area contributed by atoms with Crippen molar-refractivity contribution in [2.75, 3.05) is 0 Å². The van der Waals surface area contributed by atoms with Crippen LogP contribution in [0.2, 0.25) is 5.02 Å². The normalized spacial score (nSPS) is 11.6. The summed E-state index contributed by atoms with van der Waals surface area (Å²) in [6.45, 7) is 0. The quantitative estimate of drug-likeness (QED) is 0.434. The summed E-state index contributed by atoms with van der Waals surface area (Å²) < 4.78 is 49.3. The summed E-state index contributed by atoms with van der Waals surface area (Å²) in [6.07, 6.45) is -4.67. The zero-order chi connectivity index (χ0) is 11.8. The maximum absolute atomic E-state index is 13.0. The second-order valence-electron chi connectivity index (χ2n) is 2.56. The van der Waals surface area contributed by atoms with E-state index in [1.165, 1.54) is 0 Å². The average molecular weight is 305 g/mol. The number of halogens is 6.